The molecule has 2 aromatic rings. The van der Waals surface area contributed by atoms with Gasteiger partial charge in [0, 0.05) is 26.2 Å². The van der Waals surface area contributed by atoms with Gasteiger partial charge < -0.3 is 24.4 Å². The Labute approximate surface area is 190 Å². The van der Waals surface area contributed by atoms with E-state index in [-0.39, 0.29) is 24.0 Å². The molecule has 0 aliphatic heterocycles. The fourth-order valence-electron chi connectivity index (χ4n) is 2.72. The zero-order chi connectivity index (χ0) is 20.4. The monoisotopic (exact) mass is 514 g/mol. The van der Waals surface area contributed by atoms with Crippen molar-refractivity contribution in [3.8, 4) is 17.4 Å². The molecular formula is C21H31IN4O3. The summed E-state index contributed by atoms with van der Waals surface area (Å²) in [5.41, 5.74) is 2.04. The molecule has 1 N–H and O–H groups in total. The van der Waals surface area contributed by atoms with E-state index >= 15 is 0 Å². The smallest absolute Gasteiger partial charge is 0.213 e. The van der Waals surface area contributed by atoms with Gasteiger partial charge in [-0.2, -0.15) is 0 Å². The van der Waals surface area contributed by atoms with Crippen molar-refractivity contribution in [3.63, 3.8) is 0 Å². The molecule has 29 heavy (non-hydrogen) atoms. The first-order chi connectivity index (χ1) is 13.6. The number of likely N-dealkylation sites (N-methyl/N-ethyl adjacent to an activating group) is 1. The van der Waals surface area contributed by atoms with Crippen molar-refractivity contribution < 1.29 is 14.2 Å². The van der Waals surface area contributed by atoms with E-state index < -0.39 is 0 Å². The number of aromatic nitrogens is 1. The highest BCUT2D eigenvalue weighted by Crippen LogP contribution is 2.27. The fourth-order valence-corrected chi connectivity index (χ4v) is 2.72. The standard InChI is InChI=1S/C21H30N4O3.HI/c1-6-22-21(23-15-17-8-7-9-20(24-17)28-5)25(2)13-12-16-10-11-18(26-3)19(14-16)27-4;/h7-11,14H,6,12-13,15H2,1-5H3,(H,22,23);1H. The van der Waals surface area contributed by atoms with Crippen LogP contribution in [0.25, 0.3) is 0 Å². The lowest BCUT2D eigenvalue weighted by molar-refractivity contribution is 0.354. The lowest BCUT2D eigenvalue weighted by Gasteiger charge is -2.22. The van der Waals surface area contributed by atoms with Gasteiger partial charge in [-0.1, -0.05) is 12.1 Å². The fraction of sp³-hybridized carbons (Fsp3) is 0.429. The van der Waals surface area contributed by atoms with Gasteiger partial charge >= 0.3 is 0 Å². The molecule has 7 nitrogen and oxygen atoms in total. The van der Waals surface area contributed by atoms with Crippen LogP contribution in [-0.2, 0) is 13.0 Å². The predicted molar refractivity (Wildman–Crippen MR) is 127 cm³/mol. The molecule has 0 amide bonds. The number of nitrogens with zero attached hydrogens (tertiary/aromatic N) is 3. The number of guanidine groups is 1. The minimum absolute atomic E-state index is 0. The first kappa shape index (κ1) is 24.8. The Hall–Kier alpha value is -2.23. The number of nitrogens with one attached hydrogen (secondary N) is 1. The van der Waals surface area contributed by atoms with E-state index in [1.165, 1.54) is 5.56 Å². The Morgan fingerprint density at radius 1 is 1.07 bits per heavy atom. The molecule has 1 aromatic carbocycles. The van der Waals surface area contributed by atoms with Gasteiger partial charge in [-0.15, -0.1) is 24.0 Å². The Kier molecular flexibility index (Phi) is 11.2. The number of halogens is 1. The van der Waals surface area contributed by atoms with Gasteiger partial charge in [0.2, 0.25) is 5.88 Å². The van der Waals surface area contributed by atoms with Gasteiger partial charge in [0.15, 0.2) is 17.5 Å². The molecule has 160 valence electrons. The number of rotatable bonds is 9. The average Bonchev–Trinajstić information content (AvgIpc) is 2.74. The minimum atomic E-state index is 0. The van der Waals surface area contributed by atoms with Crippen LogP contribution in [0.5, 0.6) is 17.4 Å². The SMILES string of the molecule is CCNC(=NCc1cccc(OC)n1)N(C)CCc1ccc(OC)c(OC)c1.I. The molecule has 1 aromatic heterocycles. The van der Waals surface area contributed by atoms with Crippen molar-refractivity contribution in [3.05, 3.63) is 47.7 Å². The molecule has 0 aliphatic carbocycles. The molecular weight excluding hydrogens is 483 g/mol. The Bertz CT molecular complexity index is 786. The summed E-state index contributed by atoms with van der Waals surface area (Å²) in [4.78, 5) is 11.2. The first-order valence-corrected chi connectivity index (χ1v) is 9.31. The molecule has 0 saturated heterocycles. The van der Waals surface area contributed by atoms with Crippen LogP contribution < -0.4 is 19.5 Å². The molecule has 0 bridgehead atoms. The quantitative estimate of drug-likeness (QED) is 0.315. The summed E-state index contributed by atoms with van der Waals surface area (Å²) in [5, 5.41) is 3.33. The highest BCUT2D eigenvalue weighted by molar-refractivity contribution is 14.0. The topological polar surface area (TPSA) is 68.2 Å². The summed E-state index contributed by atoms with van der Waals surface area (Å²) in [7, 11) is 6.93. The summed E-state index contributed by atoms with van der Waals surface area (Å²) in [6, 6.07) is 11.7. The molecule has 0 radical (unpaired) electrons. The summed E-state index contributed by atoms with van der Waals surface area (Å²) >= 11 is 0. The van der Waals surface area contributed by atoms with E-state index in [0.29, 0.717) is 12.4 Å². The van der Waals surface area contributed by atoms with Gasteiger partial charge in [-0.3, -0.25) is 0 Å². The summed E-state index contributed by atoms with van der Waals surface area (Å²) in [6.45, 7) is 4.15. The summed E-state index contributed by atoms with van der Waals surface area (Å²) < 4.78 is 15.9. The number of ether oxygens (including phenoxy) is 3. The minimum Gasteiger partial charge on any atom is -0.493 e. The molecule has 0 spiro atoms. The van der Waals surface area contributed by atoms with E-state index in [4.69, 9.17) is 19.2 Å². The number of aliphatic imine (C=N–C) groups is 1. The molecule has 0 fully saturated rings. The lowest BCUT2D eigenvalue weighted by Crippen LogP contribution is -2.40. The average molecular weight is 514 g/mol. The molecule has 0 unspecified atom stereocenters. The third-order valence-electron chi connectivity index (χ3n) is 4.26. The highest BCUT2D eigenvalue weighted by Gasteiger charge is 2.09. The van der Waals surface area contributed by atoms with E-state index in [2.05, 4.69) is 28.2 Å². The number of hydrogen-bond acceptors (Lipinski definition) is 5. The van der Waals surface area contributed by atoms with Crippen LogP contribution in [0.2, 0.25) is 0 Å². The van der Waals surface area contributed by atoms with Crippen LogP contribution in [0.3, 0.4) is 0 Å². The van der Waals surface area contributed by atoms with E-state index in [1.807, 2.05) is 37.4 Å². The van der Waals surface area contributed by atoms with Crippen molar-refractivity contribution in [2.45, 2.75) is 19.9 Å². The van der Waals surface area contributed by atoms with Crippen LogP contribution in [0.15, 0.2) is 41.4 Å². The third-order valence-corrected chi connectivity index (χ3v) is 4.26. The number of benzene rings is 1. The second kappa shape index (κ2) is 13.1. The lowest BCUT2D eigenvalue weighted by atomic mass is 10.1. The molecule has 1 heterocycles. The third kappa shape index (κ3) is 7.60. The Morgan fingerprint density at radius 2 is 1.83 bits per heavy atom. The van der Waals surface area contributed by atoms with E-state index in [9.17, 15) is 0 Å². The van der Waals surface area contributed by atoms with Crippen molar-refractivity contribution >= 4 is 29.9 Å². The zero-order valence-corrected chi connectivity index (χ0v) is 20.1. The number of pyridine rings is 1. The second-order valence-electron chi connectivity index (χ2n) is 6.20. The summed E-state index contributed by atoms with van der Waals surface area (Å²) in [5.74, 6) is 2.92. The number of methoxy groups -OCH3 is 3. The van der Waals surface area contributed by atoms with Crippen molar-refractivity contribution in [2.24, 2.45) is 4.99 Å². The maximum atomic E-state index is 5.38. The number of hydrogen-bond donors (Lipinski definition) is 1. The Morgan fingerprint density at radius 3 is 2.48 bits per heavy atom. The van der Waals surface area contributed by atoms with Crippen LogP contribution in [0, 0.1) is 0 Å². The summed E-state index contributed by atoms with van der Waals surface area (Å²) in [6.07, 6.45) is 0.860. The zero-order valence-electron chi connectivity index (χ0n) is 17.8. The predicted octanol–water partition coefficient (Wildman–Crippen LogP) is 3.37. The molecule has 2 rings (SSSR count). The maximum absolute atomic E-state index is 5.38. The van der Waals surface area contributed by atoms with Crippen molar-refractivity contribution in [2.75, 3.05) is 41.5 Å². The van der Waals surface area contributed by atoms with Crippen LogP contribution in [-0.4, -0.2) is 57.3 Å². The van der Waals surface area contributed by atoms with Crippen LogP contribution in [0.1, 0.15) is 18.2 Å². The highest BCUT2D eigenvalue weighted by atomic mass is 127. The second-order valence-corrected chi connectivity index (χ2v) is 6.20. The largest absolute Gasteiger partial charge is 0.493 e. The van der Waals surface area contributed by atoms with Crippen molar-refractivity contribution in [1.29, 1.82) is 0 Å². The maximum Gasteiger partial charge on any atom is 0.213 e. The first-order valence-electron chi connectivity index (χ1n) is 9.31. The molecule has 0 saturated carbocycles. The van der Waals surface area contributed by atoms with Gasteiger partial charge in [0.25, 0.3) is 0 Å². The van der Waals surface area contributed by atoms with E-state index in [1.54, 1.807) is 21.3 Å². The Balaban J connectivity index is 0.00000420. The molecule has 0 aliphatic rings. The van der Waals surface area contributed by atoms with Crippen LogP contribution >= 0.6 is 24.0 Å². The van der Waals surface area contributed by atoms with Gasteiger partial charge in [0.1, 0.15) is 0 Å². The molecule has 8 heteroatoms. The van der Waals surface area contributed by atoms with Gasteiger partial charge in [-0.05, 0) is 37.1 Å². The van der Waals surface area contributed by atoms with Gasteiger partial charge in [0.05, 0.1) is 33.6 Å². The van der Waals surface area contributed by atoms with E-state index in [0.717, 1.165) is 42.7 Å². The van der Waals surface area contributed by atoms with Crippen molar-refractivity contribution in [1.82, 2.24) is 15.2 Å². The van der Waals surface area contributed by atoms with Gasteiger partial charge in [-0.25, -0.2) is 9.98 Å². The normalized spacial score (nSPS) is 10.7. The molecule has 0 atom stereocenters. The van der Waals surface area contributed by atoms with Crippen LogP contribution in [0.4, 0.5) is 0 Å².